The Hall–Kier alpha value is -3.04. The van der Waals surface area contributed by atoms with Crippen LogP contribution in [0.3, 0.4) is 0 Å². The summed E-state index contributed by atoms with van der Waals surface area (Å²) < 4.78 is 71.6. The van der Waals surface area contributed by atoms with Crippen LogP contribution in [0.15, 0.2) is 52.9 Å². The molecular weight excluding hydrogens is 566 g/mol. The summed E-state index contributed by atoms with van der Waals surface area (Å²) in [6, 6.07) is 11.9. The SMILES string of the molecule is NC(=O)c1c(C(F)(F)F)nn(-c2ccccc2)c1-c1nnc(S(=O)(=O)OCc2ccc(Cl)cc2Cl)s1. The molecule has 2 heterocycles. The van der Waals surface area contributed by atoms with Gasteiger partial charge in [-0.3, -0.25) is 8.98 Å². The highest BCUT2D eigenvalue weighted by Gasteiger charge is 2.42. The number of benzene rings is 2. The highest BCUT2D eigenvalue weighted by Crippen LogP contribution is 2.39. The number of amides is 1. The number of primary amides is 1. The van der Waals surface area contributed by atoms with Gasteiger partial charge in [0.2, 0.25) is 0 Å². The van der Waals surface area contributed by atoms with E-state index >= 15 is 0 Å². The molecule has 2 aromatic carbocycles. The molecule has 4 rings (SSSR count). The Morgan fingerprint density at radius 3 is 2.42 bits per heavy atom. The Morgan fingerprint density at radius 1 is 1.11 bits per heavy atom. The molecule has 4 aromatic rings. The van der Waals surface area contributed by atoms with Gasteiger partial charge in [-0.1, -0.05) is 58.8 Å². The number of carbonyl (C=O) groups excluding carboxylic acids is 1. The van der Waals surface area contributed by atoms with E-state index in [1.165, 1.54) is 42.5 Å². The summed E-state index contributed by atoms with van der Waals surface area (Å²) in [4.78, 5) is 12.1. The maximum atomic E-state index is 13.7. The van der Waals surface area contributed by atoms with Crippen molar-refractivity contribution in [1.29, 1.82) is 0 Å². The molecule has 2 aromatic heterocycles. The number of hydrogen-bond acceptors (Lipinski definition) is 8. The average molecular weight is 578 g/mol. The zero-order chi connectivity index (χ0) is 26.3. The van der Waals surface area contributed by atoms with Crippen LogP contribution in [-0.2, 0) is 27.1 Å². The Morgan fingerprint density at radius 2 is 1.81 bits per heavy atom. The molecular formula is C20H12Cl2F3N5O4S2. The largest absolute Gasteiger partial charge is 0.436 e. The first kappa shape index (κ1) is 26.0. The van der Waals surface area contributed by atoms with Crippen LogP contribution >= 0.6 is 34.5 Å². The topological polar surface area (TPSA) is 130 Å². The number of para-hydroxylation sites is 1. The molecule has 16 heteroatoms. The van der Waals surface area contributed by atoms with Crippen LogP contribution in [0, 0.1) is 0 Å². The molecule has 0 aliphatic rings. The van der Waals surface area contributed by atoms with Crippen molar-refractivity contribution in [3.8, 4) is 16.4 Å². The van der Waals surface area contributed by atoms with Crippen LogP contribution in [0.1, 0.15) is 21.6 Å². The van der Waals surface area contributed by atoms with E-state index in [1.807, 2.05) is 0 Å². The number of rotatable bonds is 7. The lowest BCUT2D eigenvalue weighted by molar-refractivity contribution is -0.141. The summed E-state index contributed by atoms with van der Waals surface area (Å²) >= 11 is 12.2. The minimum absolute atomic E-state index is 0.138. The summed E-state index contributed by atoms with van der Waals surface area (Å²) in [7, 11) is -4.52. The fraction of sp³-hybridized carbons (Fsp3) is 0.100. The van der Waals surface area contributed by atoms with Gasteiger partial charge in [-0.05, 0) is 29.8 Å². The lowest BCUT2D eigenvalue weighted by atomic mass is 10.1. The van der Waals surface area contributed by atoms with Crippen molar-refractivity contribution in [2.24, 2.45) is 5.73 Å². The smallest absolute Gasteiger partial charge is 0.365 e. The van der Waals surface area contributed by atoms with Crippen LogP contribution < -0.4 is 5.73 Å². The van der Waals surface area contributed by atoms with Crippen molar-refractivity contribution in [2.45, 2.75) is 17.1 Å². The minimum atomic E-state index is -5.04. The number of carbonyl (C=O) groups is 1. The normalized spacial score (nSPS) is 12.1. The summed E-state index contributed by atoms with van der Waals surface area (Å²) in [5.74, 6) is -1.44. The maximum absolute atomic E-state index is 13.7. The first-order valence-electron chi connectivity index (χ1n) is 9.61. The molecule has 0 aliphatic carbocycles. The summed E-state index contributed by atoms with van der Waals surface area (Å²) in [5.41, 5.74) is 2.70. The first-order chi connectivity index (χ1) is 16.9. The molecule has 36 heavy (non-hydrogen) atoms. The fourth-order valence-corrected chi connectivity index (χ4v) is 5.43. The molecule has 0 unspecified atom stereocenters. The van der Waals surface area contributed by atoms with Crippen molar-refractivity contribution < 1.29 is 30.6 Å². The molecule has 0 saturated carbocycles. The van der Waals surface area contributed by atoms with E-state index in [1.54, 1.807) is 6.07 Å². The minimum Gasteiger partial charge on any atom is -0.365 e. The van der Waals surface area contributed by atoms with Crippen molar-refractivity contribution >= 4 is 50.6 Å². The van der Waals surface area contributed by atoms with Crippen molar-refractivity contribution in [3.05, 3.63) is 75.4 Å². The van der Waals surface area contributed by atoms with Crippen LogP contribution in [0.4, 0.5) is 13.2 Å². The molecule has 2 N–H and O–H groups in total. The molecule has 0 radical (unpaired) electrons. The predicted molar refractivity (Wildman–Crippen MR) is 124 cm³/mol. The Kier molecular flexibility index (Phi) is 7.07. The Labute approximate surface area is 215 Å². The summed E-state index contributed by atoms with van der Waals surface area (Å²) in [6.45, 7) is -0.472. The van der Waals surface area contributed by atoms with Crippen LogP contribution in [-0.4, -0.2) is 34.3 Å². The Bertz CT molecular complexity index is 1560. The number of alkyl halides is 3. The van der Waals surface area contributed by atoms with Gasteiger partial charge >= 0.3 is 16.3 Å². The second-order valence-corrected chi connectivity index (χ2v) is 10.6. The third kappa shape index (κ3) is 5.22. The zero-order valence-corrected chi connectivity index (χ0v) is 20.7. The van der Waals surface area contributed by atoms with Crippen LogP contribution in [0.2, 0.25) is 10.0 Å². The van der Waals surface area contributed by atoms with Gasteiger partial charge in [0.15, 0.2) is 10.7 Å². The van der Waals surface area contributed by atoms with Gasteiger partial charge in [0.25, 0.3) is 10.2 Å². The summed E-state index contributed by atoms with van der Waals surface area (Å²) in [6.07, 6.45) is -5.04. The molecule has 9 nitrogen and oxygen atoms in total. The van der Waals surface area contributed by atoms with E-state index in [4.69, 9.17) is 33.1 Å². The van der Waals surface area contributed by atoms with E-state index in [0.717, 1.165) is 4.68 Å². The van der Waals surface area contributed by atoms with Gasteiger partial charge in [-0.2, -0.15) is 26.7 Å². The third-order valence-corrected chi connectivity index (χ3v) is 7.72. The number of hydrogen-bond donors (Lipinski definition) is 1. The monoisotopic (exact) mass is 577 g/mol. The van der Waals surface area contributed by atoms with Gasteiger partial charge in [-0.15, -0.1) is 10.2 Å². The molecule has 0 saturated heterocycles. The molecule has 1 amide bonds. The van der Waals surface area contributed by atoms with Gasteiger partial charge < -0.3 is 5.73 Å². The second-order valence-electron chi connectivity index (χ2n) is 7.01. The van der Waals surface area contributed by atoms with E-state index in [0.29, 0.717) is 21.9 Å². The number of nitrogens with two attached hydrogens (primary N) is 1. The van der Waals surface area contributed by atoms with Crippen LogP contribution in [0.25, 0.3) is 16.4 Å². The van der Waals surface area contributed by atoms with Crippen LogP contribution in [0.5, 0.6) is 0 Å². The standard InChI is InChI=1S/C20H12Cl2F3N5O4S2/c21-11-7-6-10(13(22)8-11)9-34-36(32,33)19-28-27-18(35-19)15-14(17(26)31)16(20(23,24)25)29-30(15)12-4-2-1-3-5-12/h1-8H,9H2,(H2,26,31). The number of aromatic nitrogens is 4. The van der Waals surface area contributed by atoms with Gasteiger partial charge in [-0.25, -0.2) is 4.68 Å². The second kappa shape index (κ2) is 9.78. The molecule has 0 fully saturated rings. The quantitative estimate of drug-likeness (QED) is 0.314. The van der Waals surface area contributed by atoms with Gasteiger partial charge in [0.05, 0.1) is 12.3 Å². The van der Waals surface area contributed by atoms with Crippen molar-refractivity contribution in [1.82, 2.24) is 20.0 Å². The zero-order valence-electron chi connectivity index (χ0n) is 17.5. The van der Waals surface area contributed by atoms with E-state index in [2.05, 4.69) is 15.3 Å². The number of halogens is 5. The average Bonchev–Trinajstić information content (AvgIpc) is 3.44. The number of nitrogens with zero attached hydrogens (tertiary/aromatic N) is 4. The van der Waals surface area contributed by atoms with E-state index in [-0.39, 0.29) is 15.7 Å². The van der Waals surface area contributed by atoms with Gasteiger partial charge in [0.1, 0.15) is 11.3 Å². The Balaban J connectivity index is 1.78. The van der Waals surface area contributed by atoms with Crippen molar-refractivity contribution in [2.75, 3.05) is 0 Å². The lowest BCUT2D eigenvalue weighted by Crippen LogP contribution is -2.18. The maximum Gasteiger partial charge on any atom is 0.436 e. The summed E-state index contributed by atoms with van der Waals surface area (Å²) in [5, 5.41) is 10.9. The van der Waals surface area contributed by atoms with E-state index < -0.39 is 50.1 Å². The molecule has 0 spiro atoms. The first-order valence-corrected chi connectivity index (χ1v) is 12.6. The predicted octanol–water partition coefficient (Wildman–Crippen LogP) is 4.72. The lowest BCUT2D eigenvalue weighted by Gasteiger charge is -2.06. The molecule has 0 aliphatic heterocycles. The van der Waals surface area contributed by atoms with E-state index in [9.17, 15) is 26.4 Å². The molecule has 0 bridgehead atoms. The highest BCUT2D eigenvalue weighted by molar-refractivity contribution is 7.88. The van der Waals surface area contributed by atoms with Gasteiger partial charge in [0, 0.05) is 10.0 Å². The molecule has 188 valence electrons. The molecule has 0 atom stereocenters. The third-order valence-electron chi connectivity index (χ3n) is 4.61. The van der Waals surface area contributed by atoms with Crippen molar-refractivity contribution in [3.63, 3.8) is 0 Å². The highest BCUT2D eigenvalue weighted by atomic mass is 35.5. The fourth-order valence-electron chi connectivity index (χ4n) is 3.04.